The topological polar surface area (TPSA) is 0 Å². The van der Waals surface area contributed by atoms with Crippen LogP contribution in [0.15, 0.2) is 200 Å². The van der Waals surface area contributed by atoms with E-state index in [0.29, 0.717) is 0 Å². The Hall–Kier alpha value is -6.51. The van der Waals surface area contributed by atoms with Crippen LogP contribution >= 0.6 is 23.8 Å². The highest BCUT2D eigenvalue weighted by atomic mass is 31.1. The zero-order chi connectivity index (χ0) is 52.7. The third-order valence-corrected chi connectivity index (χ3v) is 21.1. The molecule has 0 fully saturated rings. The van der Waals surface area contributed by atoms with Crippen LogP contribution in [0.3, 0.4) is 0 Å². The van der Waals surface area contributed by atoms with Gasteiger partial charge in [-0.25, -0.2) is 0 Å². The Morgan fingerprint density at radius 2 is 0.333 bits per heavy atom. The average Bonchev–Trinajstić information content (AvgIpc) is 3.33. The SMILES string of the molecule is Cc1cc(C)cc(P(c2cc(C)cc(C)c2)c2cccc(-c3cc(-c4cccc(P(c5cc(C)cc(C)c5)c5cc(C)cc(C)c5)c4)cc(-c4cccc(P(c5cc(C)cc(C)c5)c5cc(C)cc(C)c5)c4)c3)c2)c1. The normalized spacial score (nSPS) is 11.6. The summed E-state index contributed by atoms with van der Waals surface area (Å²) in [5.74, 6) is 0. The monoisotopic (exact) mass is 1030 g/mol. The van der Waals surface area contributed by atoms with E-state index >= 15 is 0 Å². The van der Waals surface area contributed by atoms with Gasteiger partial charge in [-0.05, 0) is 224 Å². The molecule has 0 atom stereocenters. The number of benzene rings is 10. The fourth-order valence-electron chi connectivity index (χ4n) is 11.4. The first-order valence-electron chi connectivity index (χ1n) is 26.4. The van der Waals surface area contributed by atoms with Crippen molar-refractivity contribution in [2.45, 2.75) is 83.1 Å². The van der Waals surface area contributed by atoms with E-state index in [9.17, 15) is 0 Å². The molecule has 0 radical (unpaired) electrons. The summed E-state index contributed by atoms with van der Waals surface area (Å²) in [6.45, 7) is 26.8. The lowest BCUT2D eigenvalue weighted by atomic mass is 9.93. The number of hydrogen-bond donors (Lipinski definition) is 0. The molecule has 0 saturated carbocycles. The second-order valence-electron chi connectivity index (χ2n) is 21.5. The summed E-state index contributed by atoms with van der Waals surface area (Å²) in [5.41, 5.74) is 23.0. The molecule has 0 bridgehead atoms. The zero-order valence-corrected chi connectivity index (χ0v) is 48.6. The largest absolute Gasteiger partial charge is 0.0610 e. The van der Waals surface area contributed by atoms with Crippen molar-refractivity contribution < 1.29 is 0 Å². The molecule has 0 aromatic heterocycles. The second kappa shape index (κ2) is 22.0. The summed E-state index contributed by atoms with van der Waals surface area (Å²) in [6, 6.07) is 78.6. The number of rotatable bonds is 12. The van der Waals surface area contributed by atoms with Crippen molar-refractivity contribution in [3.63, 3.8) is 0 Å². The van der Waals surface area contributed by atoms with Gasteiger partial charge in [0.2, 0.25) is 0 Å². The van der Waals surface area contributed by atoms with Crippen molar-refractivity contribution in [2.75, 3.05) is 0 Å². The molecular weight excluding hydrogens is 958 g/mol. The first-order valence-corrected chi connectivity index (χ1v) is 30.4. The summed E-state index contributed by atoms with van der Waals surface area (Å²) in [4.78, 5) is 0. The van der Waals surface area contributed by atoms with Crippen LogP contribution in [0.4, 0.5) is 0 Å². The lowest BCUT2D eigenvalue weighted by Crippen LogP contribution is -2.22. The minimum atomic E-state index is -0.848. The Bertz CT molecular complexity index is 3100. The summed E-state index contributed by atoms with van der Waals surface area (Å²) in [7, 11) is -2.54. The van der Waals surface area contributed by atoms with Gasteiger partial charge >= 0.3 is 0 Å². The van der Waals surface area contributed by atoms with E-state index in [1.807, 2.05) is 0 Å². The van der Waals surface area contributed by atoms with Crippen LogP contribution in [0.2, 0.25) is 0 Å². The number of aryl methyl sites for hydroxylation is 12. The zero-order valence-electron chi connectivity index (χ0n) is 45.9. The van der Waals surface area contributed by atoms with E-state index in [-0.39, 0.29) is 0 Å². The van der Waals surface area contributed by atoms with E-state index in [0.717, 1.165) is 0 Å². The lowest BCUT2D eigenvalue weighted by Gasteiger charge is -2.23. The quantitative estimate of drug-likeness (QED) is 0.107. The first-order chi connectivity index (χ1) is 36.0. The molecule has 0 amide bonds. The van der Waals surface area contributed by atoms with Gasteiger partial charge in [0.1, 0.15) is 0 Å². The van der Waals surface area contributed by atoms with Crippen LogP contribution in [0.1, 0.15) is 66.8 Å². The van der Waals surface area contributed by atoms with Crippen molar-refractivity contribution in [1.29, 1.82) is 0 Å². The molecule has 372 valence electrons. The van der Waals surface area contributed by atoms with Crippen LogP contribution in [-0.4, -0.2) is 0 Å². The van der Waals surface area contributed by atoms with E-state index in [1.165, 1.54) is 148 Å². The third kappa shape index (κ3) is 12.0. The first kappa shape index (κ1) is 52.0. The van der Waals surface area contributed by atoms with Gasteiger partial charge in [0.25, 0.3) is 0 Å². The molecule has 10 rings (SSSR count). The summed E-state index contributed by atoms with van der Waals surface area (Å²) >= 11 is 0. The Balaban J connectivity index is 1.18. The molecule has 0 saturated heterocycles. The van der Waals surface area contributed by atoms with Crippen LogP contribution in [0.25, 0.3) is 33.4 Å². The minimum absolute atomic E-state index is 0.848. The van der Waals surface area contributed by atoms with Crippen LogP contribution in [-0.2, 0) is 0 Å². The van der Waals surface area contributed by atoms with E-state index in [4.69, 9.17) is 0 Å². The molecule has 0 aliphatic heterocycles. The van der Waals surface area contributed by atoms with Crippen LogP contribution < -0.4 is 47.7 Å². The van der Waals surface area contributed by atoms with Gasteiger partial charge in [0, 0.05) is 0 Å². The van der Waals surface area contributed by atoms with Crippen LogP contribution in [0.5, 0.6) is 0 Å². The Labute approximate surface area is 452 Å². The molecule has 75 heavy (non-hydrogen) atoms. The maximum atomic E-state index is 2.50. The molecule has 0 aliphatic carbocycles. The molecule has 10 aromatic carbocycles. The standard InChI is InChI=1S/C72H69P3/c1-46-22-47(2)29-67(28-46)73(68-30-48(3)23-49(4)31-68)64-19-13-16-58(43-64)61-40-62(59-17-14-20-65(44-59)74(69-32-50(5)24-51(6)33-69)70-34-52(7)25-53(8)35-70)42-63(41-61)60-18-15-21-66(45-60)75(71-36-54(9)26-55(10)37-71)72-38-56(11)27-57(12)39-72/h13-45H,1-12H3. The molecule has 0 spiro atoms. The van der Waals surface area contributed by atoms with Gasteiger partial charge < -0.3 is 0 Å². The summed E-state index contributed by atoms with van der Waals surface area (Å²) in [5, 5.41) is 12.4. The van der Waals surface area contributed by atoms with Gasteiger partial charge in [-0.2, -0.15) is 0 Å². The molecule has 0 unspecified atom stereocenters. The summed E-state index contributed by atoms with van der Waals surface area (Å²) < 4.78 is 0. The third-order valence-electron chi connectivity index (χ3n) is 14.0. The van der Waals surface area contributed by atoms with Gasteiger partial charge in [0.05, 0.1) is 0 Å². The maximum absolute atomic E-state index is 2.50. The Morgan fingerprint density at radius 1 is 0.160 bits per heavy atom. The Kier molecular flexibility index (Phi) is 15.2. The van der Waals surface area contributed by atoms with Crippen molar-refractivity contribution in [3.05, 3.63) is 267 Å². The highest BCUT2D eigenvalue weighted by molar-refractivity contribution is 7.80. The lowest BCUT2D eigenvalue weighted by molar-refractivity contribution is 1.40. The highest BCUT2D eigenvalue weighted by Crippen LogP contribution is 2.41. The minimum Gasteiger partial charge on any atom is -0.0610 e. The van der Waals surface area contributed by atoms with Crippen LogP contribution in [0, 0.1) is 83.1 Å². The molecule has 10 aromatic rings. The van der Waals surface area contributed by atoms with E-state index < -0.39 is 23.8 Å². The average molecular weight is 1030 g/mol. The van der Waals surface area contributed by atoms with E-state index in [2.05, 4.69) is 283 Å². The predicted molar refractivity (Wildman–Crippen MR) is 336 cm³/mol. The highest BCUT2D eigenvalue weighted by Gasteiger charge is 2.23. The van der Waals surface area contributed by atoms with Crippen molar-refractivity contribution in [1.82, 2.24) is 0 Å². The number of hydrogen-bond acceptors (Lipinski definition) is 0. The second-order valence-corrected chi connectivity index (χ2v) is 28.2. The van der Waals surface area contributed by atoms with Gasteiger partial charge in [0.15, 0.2) is 0 Å². The molecule has 0 heterocycles. The molecular formula is C72H69P3. The van der Waals surface area contributed by atoms with E-state index in [1.54, 1.807) is 0 Å². The maximum Gasteiger partial charge on any atom is -0.0134 e. The van der Waals surface area contributed by atoms with Gasteiger partial charge in [-0.15, -0.1) is 0 Å². The molecule has 3 heteroatoms. The fraction of sp³-hybridized carbons (Fsp3) is 0.167. The molecule has 0 N–H and O–H groups in total. The summed E-state index contributed by atoms with van der Waals surface area (Å²) in [6.07, 6.45) is 0. The van der Waals surface area contributed by atoms with Crippen molar-refractivity contribution in [3.8, 4) is 33.4 Å². The smallest absolute Gasteiger partial charge is 0.0134 e. The van der Waals surface area contributed by atoms with Crippen molar-refractivity contribution >= 4 is 71.5 Å². The van der Waals surface area contributed by atoms with Crippen molar-refractivity contribution in [2.24, 2.45) is 0 Å². The molecule has 0 nitrogen and oxygen atoms in total. The predicted octanol–water partition coefficient (Wildman–Crippen LogP) is 15.7. The van der Waals surface area contributed by atoms with Gasteiger partial charge in [-0.3, -0.25) is 0 Å². The Morgan fingerprint density at radius 3 is 0.507 bits per heavy atom. The fourth-order valence-corrected chi connectivity index (χ4v) is 19.6. The van der Waals surface area contributed by atoms with Gasteiger partial charge in [-0.1, -0.05) is 231 Å². The molecule has 0 aliphatic rings.